The van der Waals surface area contributed by atoms with E-state index in [0.717, 1.165) is 4.90 Å². The van der Waals surface area contributed by atoms with Crippen molar-refractivity contribution in [1.82, 2.24) is 9.88 Å². The molecular weight excluding hydrogens is 314 g/mol. The third-order valence-corrected chi connectivity index (χ3v) is 4.14. The molecular formula is C16H19N3O3S. The van der Waals surface area contributed by atoms with Crippen LogP contribution < -0.4 is 10.6 Å². The Morgan fingerprint density at radius 3 is 2.61 bits per heavy atom. The fraction of sp³-hybridized carbons (Fsp3) is 0.250. The molecule has 7 heteroatoms. The van der Waals surface area contributed by atoms with Gasteiger partial charge in [-0.3, -0.25) is 9.59 Å². The molecule has 1 aromatic heterocycles. The van der Waals surface area contributed by atoms with Crippen LogP contribution in [0.3, 0.4) is 0 Å². The van der Waals surface area contributed by atoms with E-state index in [9.17, 15) is 14.7 Å². The molecule has 0 bridgehead atoms. The zero-order chi connectivity index (χ0) is 16.8. The van der Waals surface area contributed by atoms with E-state index in [0.29, 0.717) is 11.4 Å². The van der Waals surface area contributed by atoms with Crippen molar-refractivity contribution in [3.8, 4) is 0 Å². The molecule has 1 heterocycles. The molecule has 0 aliphatic rings. The summed E-state index contributed by atoms with van der Waals surface area (Å²) in [4.78, 5) is 24.7. The van der Waals surface area contributed by atoms with Crippen LogP contribution in [0.15, 0.2) is 47.5 Å². The van der Waals surface area contributed by atoms with Gasteiger partial charge in [0.25, 0.3) is 0 Å². The van der Waals surface area contributed by atoms with Gasteiger partial charge in [-0.15, -0.1) is 11.8 Å². The average Bonchev–Trinajstić information content (AvgIpc) is 2.98. The van der Waals surface area contributed by atoms with Crippen molar-refractivity contribution in [2.24, 2.45) is 7.05 Å². The van der Waals surface area contributed by atoms with E-state index in [-0.39, 0.29) is 6.54 Å². The first-order chi connectivity index (χ1) is 11.0. The summed E-state index contributed by atoms with van der Waals surface area (Å²) in [5.74, 6) is -1.54. The van der Waals surface area contributed by atoms with Crippen LogP contribution in [0.2, 0.25) is 0 Å². The number of aromatic nitrogens is 1. The molecule has 0 saturated carbocycles. The van der Waals surface area contributed by atoms with Gasteiger partial charge < -0.3 is 20.3 Å². The summed E-state index contributed by atoms with van der Waals surface area (Å²) in [7, 11) is 1.80. The van der Waals surface area contributed by atoms with Gasteiger partial charge in [0.1, 0.15) is 6.10 Å². The maximum atomic E-state index is 11.9. The minimum atomic E-state index is -0.870. The van der Waals surface area contributed by atoms with Crippen molar-refractivity contribution in [3.63, 3.8) is 0 Å². The summed E-state index contributed by atoms with van der Waals surface area (Å²) in [5, 5.41) is 15.0. The summed E-state index contributed by atoms with van der Waals surface area (Å²) < 4.78 is 1.76. The van der Waals surface area contributed by atoms with Crippen molar-refractivity contribution in [2.75, 3.05) is 18.1 Å². The van der Waals surface area contributed by atoms with Crippen LogP contribution in [0, 0.1) is 0 Å². The molecule has 0 spiro atoms. The number of carbonyl (C=O) groups is 2. The van der Waals surface area contributed by atoms with Gasteiger partial charge in [0, 0.05) is 30.4 Å². The van der Waals surface area contributed by atoms with E-state index in [1.807, 2.05) is 18.4 Å². The summed E-state index contributed by atoms with van der Waals surface area (Å²) in [6.45, 7) is -0.0335. The minimum Gasteiger partial charge on any atom is -0.385 e. The van der Waals surface area contributed by atoms with Crippen LogP contribution >= 0.6 is 11.8 Å². The molecule has 2 aromatic rings. The second kappa shape index (κ2) is 7.85. The van der Waals surface area contributed by atoms with E-state index in [1.54, 1.807) is 42.1 Å². The van der Waals surface area contributed by atoms with Crippen molar-refractivity contribution < 1.29 is 14.7 Å². The first kappa shape index (κ1) is 17.1. The predicted molar refractivity (Wildman–Crippen MR) is 90.2 cm³/mol. The van der Waals surface area contributed by atoms with Gasteiger partial charge in [0.15, 0.2) is 0 Å². The Morgan fingerprint density at radius 2 is 1.96 bits per heavy atom. The molecule has 2 rings (SSSR count). The molecule has 1 atom stereocenters. The monoisotopic (exact) mass is 333 g/mol. The summed E-state index contributed by atoms with van der Waals surface area (Å²) >= 11 is 1.48. The van der Waals surface area contributed by atoms with Crippen LogP contribution in [0.5, 0.6) is 0 Å². The summed E-state index contributed by atoms with van der Waals surface area (Å²) in [6, 6.07) is 10.8. The van der Waals surface area contributed by atoms with E-state index < -0.39 is 17.9 Å². The number of aryl methyl sites for hydroxylation is 1. The maximum absolute atomic E-state index is 11.9. The molecule has 3 N–H and O–H groups in total. The van der Waals surface area contributed by atoms with Gasteiger partial charge in [-0.05, 0) is 30.5 Å². The number of thioether (sulfide) groups is 1. The van der Waals surface area contributed by atoms with Gasteiger partial charge in [0.05, 0.1) is 5.69 Å². The number of anilines is 1. The molecule has 23 heavy (non-hydrogen) atoms. The molecule has 122 valence electrons. The minimum absolute atomic E-state index is 0.0335. The maximum Gasteiger partial charge on any atom is 0.313 e. The predicted octanol–water partition coefficient (Wildman–Crippen LogP) is 1.54. The average molecular weight is 333 g/mol. The fourth-order valence-corrected chi connectivity index (χ4v) is 2.68. The van der Waals surface area contributed by atoms with Gasteiger partial charge in [0.2, 0.25) is 0 Å². The number of rotatable bonds is 5. The molecule has 0 radical (unpaired) electrons. The fourth-order valence-electron chi connectivity index (χ4n) is 2.12. The number of amides is 2. The molecule has 1 aromatic carbocycles. The zero-order valence-corrected chi connectivity index (χ0v) is 13.8. The number of nitrogens with one attached hydrogen (secondary N) is 2. The molecule has 0 aliphatic carbocycles. The SMILES string of the molecule is CSc1ccccc1NC(=O)C(=O)NC[C@H](O)c1cccn1C. The van der Waals surface area contributed by atoms with Gasteiger partial charge in [-0.1, -0.05) is 12.1 Å². The standard InChI is InChI=1S/C16H19N3O3S/c1-19-9-5-7-12(19)13(20)10-17-15(21)16(22)18-11-6-3-4-8-14(11)23-2/h3-9,13,20H,10H2,1-2H3,(H,17,21)(H,18,22)/t13-/m0/s1. The van der Waals surface area contributed by atoms with Crippen molar-refractivity contribution in [2.45, 2.75) is 11.0 Å². The second-order valence-corrected chi connectivity index (χ2v) is 5.77. The number of aliphatic hydroxyl groups excluding tert-OH is 1. The Bertz CT molecular complexity index is 699. The van der Waals surface area contributed by atoms with Gasteiger partial charge in [-0.2, -0.15) is 0 Å². The molecule has 0 fully saturated rings. The Kier molecular flexibility index (Phi) is 5.84. The summed E-state index contributed by atoms with van der Waals surface area (Å²) in [5.41, 5.74) is 1.25. The lowest BCUT2D eigenvalue weighted by Gasteiger charge is -2.13. The Hall–Kier alpha value is -2.25. The number of carbonyl (C=O) groups excluding carboxylic acids is 2. The largest absolute Gasteiger partial charge is 0.385 e. The number of hydrogen-bond donors (Lipinski definition) is 3. The summed E-state index contributed by atoms with van der Waals surface area (Å²) in [6.07, 6.45) is 2.82. The second-order valence-electron chi connectivity index (χ2n) is 4.92. The van der Waals surface area contributed by atoms with Crippen LogP contribution in [-0.2, 0) is 16.6 Å². The normalized spacial score (nSPS) is 11.8. The molecule has 2 amide bonds. The number of benzene rings is 1. The van der Waals surface area contributed by atoms with Gasteiger partial charge in [-0.25, -0.2) is 0 Å². The van der Waals surface area contributed by atoms with Crippen molar-refractivity contribution in [3.05, 3.63) is 48.3 Å². The molecule has 0 aliphatic heterocycles. The van der Waals surface area contributed by atoms with E-state index in [4.69, 9.17) is 0 Å². The number of nitrogens with zero attached hydrogens (tertiary/aromatic N) is 1. The third-order valence-electron chi connectivity index (χ3n) is 3.34. The van der Waals surface area contributed by atoms with E-state index >= 15 is 0 Å². The zero-order valence-electron chi connectivity index (χ0n) is 12.9. The highest BCUT2D eigenvalue weighted by Crippen LogP contribution is 2.24. The smallest absolute Gasteiger partial charge is 0.313 e. The lowest BCUT2D eigenvalue weighted by Crippen LogP contribution is -2.38. The first-order valence-corrected chi connectivity index (χ1v) is 8.27. The highest BCUT2D eigenvalue weighted by Gasteiger charge is 2.17. The van der Waals surface area contributed by atoms with Crippen molar-refractivity contribution >= 4 is 29.3 Å². The lowest BCUT2D eigenvalue weighted by molar-refractivity contribution is -0.136. The topological polar surface area (TPSA) is 83.4 Å². The Balaban J connectivity index is 1.90. The van der Waals surface area contributed by atoms with Crippen molar-refractivity contribution in [1.29, 1.82) is 0 Å². The Morgan fingerprint density at radius 1 is 1.22 bits per heavy atom. The van der Waals surface area contributed by atoms with E-state index in [2.05, 4.69) is 10.6 Å². The number of para-hydroxylation sites is 1. The molecule has 0 unspecified atom stereocenters. The van der Waals surface area contributed by atoms with Crippen LogP contribution in [-0.4, -0.2) is 34.3 Å². The van der Waals surface area contributed by atoms with Crippen LogP contribution in [0.1, 0.15) is 11.8 Å². The number of aliphatic hydroxyl groups is 1. The number of hydrogen-bond acceptors (Lipinski definition) is 4. The lowest BCUT2D eigenvalue weighted by atomic mass is 10.2. The first-order valence-electron chi connectivity index (χ1n) is 7.04. The Labute approximate surface area is 138 Å². The van der Waals surface area contributed by atoms with Gasteiger partial charge >= 0.3 is 11.8 Å². The highest BCUT2D eigenvalue weighted by atomic mass is 32.2. The molecule has 6 nitrogen and oxygen atoms in total. The van der Waals surface area contributed by atoms with Crippen LogP contribution in [0.25, 0.3) is 0 Å². The quantitative estimate of drug-likeness (QED) is 0.572. The molecule has 0 saturated heterocycles. The van der Waals surface area contributed by atoms with Crippen LogP contribution in [0.4, 0.5) is 5.69 Å². The third kappa shape index (κ3) is 4.37. The highest BCUT2D eigenvalue weighted by molar-refractivity contribution is 7.98. The van der Waals surface area contributed by atoms with E-state index in [1.165, 1.54) is 11.8 Å².